The first-order valence-electron chi connectivity index (χ1n) is 4.79. The minimum atomic E-state index is -0.758. The Labute approximate surface area is 81.5 Å². The molecule has 3 saturated heterocycles. The molecule has 14 heavy (non-hydrogen) atoms. The van der Waals surface area contributed by atoms with Crippen molar-refractivity contribution in [3.63, 3.8) is 0 Å². The van der Waals surface area contributed by atoms with Gasteiger partial charge in [0.05, 0.1) is 12.0 Å². The average Bonchev–Trinajstić information content (AvgIpc) is 2.33. The lowest BCUT2D eigenvalue weighted by molar-refractivity contribution is -0.273. The van der Waals surface area contributed by atoms with E-state index in [1.165, 1.54) is 0 Å². The summed E-state index contributed by atoms with van der Waals surface area (Å²) >= 11 is 0. The van der Waals surface area contributed by atoms with Crippen molar-refractivity contribution in [3.8, 4) is 0 Å². The van der Waals surface area contributed by atoms with Crippen molar-refractivity contribution in [3.05, 3.63) is 12.2 Å². The van der Waals surface area contributed by atoms with Crippen LogP contribution in [0.4, 0.5) is 0 Å². The van der Waals surface area contributed by atoms with Crippen molar-refractivity contribution in [2.75, 3.05) is 0 Å². The normalized spacial score (nSPS) is 55.0. The molecule has 3 aliphatic heterocycles. The Morgan fingerprint density at radius 3 is 3.00 bits per heavy atom. The molecule has 5 atom stereocenters. The van der Waals surface area contributed by atoms with E-state index < -0.39 is 18.0 Å². The highest BCUT2D eigenvalue weighted by Gasteiger charge is 2.66. The molecule has 1 saturated carbocycles. The van der Waals surface area contributed by atoms with E-state index in [0.717, 1.165) is 5.57 Å². The van der Waals surface area contributed by atoms with E-state index in [9.17, 15) is 9.90 Å². The van der Waals surface area contributed by atoms with Crippen LogP contribution in [0.5, 0.6) is 0 Å². The molecule has 4 bridgehead atoms. The predicted molar refractivity (Wildman–Crippen MR) is 46.1 cm³/mol. The van der Waals surface area contributed by atoms with E-state index in [1.54, 1.807) is 6.92 Å². The maximum absolute atomic E-state index is 11.6. The van der Waals surface area contributed by atoms with Crippen LogP contribution in [0, 0.1) is 11.8 Å². The number of esters is 1. The van der Waals surface area contributed by atoms with Gasteiger partial charge in [0.15, 0.2) is 0 Å². The molecule has 4 nitrogen and oxygen atoms in total. The fraction of sp³-hybridized carbons (Fsp3) is 0.700. The van der Waals surface area contributed by atoms with Gasteiger partial charge in [-0.05, 0) is 18.9 Å². The first-order valence-corrected chi connectivity index (χ1v) is 4.79. The third-order valence-electron chi connectivity index (χ3n) is 3.78. The Bertz CT molecular complexity index is 337. The van der Waals surface area contributed by atoms with Gasteiger partial charge in [0.25, 0.3) is 0 Å². The number of aliphatic hydroxyl groups is 1. The molecule has 0 amide bonds. The van der Waals surface area contributed by atoms with Crippen molar-refractivity contribution >= 4 is 5.97 Å². The fourth-order valence-corrected chi connectivity index (χ4v) is 2.89. The zero-order valence-corrected chi connectivity index (χ0v) is 7.90. The Kier molecular flexibility index (Phi) is 1.33. The van der Waals surface area contributed by atoms with Crippen LogP contribution >= 0.6 is 0 Å². The van der Waals surface area contributed by atoms with Gasteiger partial charge in [0, 0.05) is 5.92 Å². The Hall–Kier alpha value is -0.870. The van der Waals surface area contributed by atoms with E-state index in [-0.39, 0.29) is 17.8 Å². The second-order valence-corrected chi connectivity index (χ2v) is 4.48. The molecule has 0 aromatic heterocycles. The molecule has 0 spiro atoms. The number of hydrogen-bond acceptors (Lipinski definition) is 4. The lowest BCUT2D eigenvalue weighted by Crippen LogP contribution is -2.59. The molecule has 1 N–H and O–H groups in total. The summed E-state index contributed by atoms with van der Waals surface area (Å²) in [6.07, 6.45) is -0.669. The number of rotatable bonds is 0. The lowest BCUT2D eigenvalue weighted by Gasteiger charge is -2.47. The minimum absolute atomic E-state index is 0.0370. The number of aliphatic hydroxyl groups excluding tert-OH is 1. The summed E-state index contributed by atoms with van der Waals surface area (Å²) in [6, 6.07) is 0. The van der Waals surface area contributed by atoms with Gasteiger partial charge >= 0.3 is 5.97 Å². The molecular weight excluding hydrogens is 184 g/mol. The second kappa shape index (κ2) is 2.20. The van der Waals surface area contributed by atoms with Crippen LogP contribution in [0.3, 0.4) is 0 Å². The van der Waals surface area contributed by atoms with Crippen molar-refractivity contribution < 1.29 is 19.4 Å². The van der Waals surface area contributed by atoms with Crippen LogP contribution in [-0.4, -0.2) is 29.1 Å². The van der Waals surface area contributed by atoms with Crippen molar-refractivity contribution in [2.45, 2.75) is 31.3 Å². The minimum Gasteiger partial charge on any atom is -0.431 e. The molecule has 0 unspecified atom stereocenters. The van der Waals surface area contributed by atoms with Gasteiger partial charge in [0.1, 0.15) is 5.60 Å². The van der Waals surface area contributed by atoms with Crippen LogP contribution in [0.25, 0.3) is 0 Å². The van der Waals surface area contributed by atoms with E-state index in [0.29, 0.717) is 6.42 Å². The van der Waals surface area contributed by atoms with Gasteiger partial charge in [-0.15, -0.1) is 0 Å². The number of hydrogen-bond donors (Lipinski definition) is 1. The lowest BCUT2D eigenvalue weighted by atomic mass is 9.78. The largest absolute Gasteiger partial charge is 0.431 e. The smallest absolute Gasteiger partial charge is 0.315 e. The maximum Gasteiger partial charge on any atom is 0.315 e. The standard InChI is InChI=1S/C10H12O4/c1-4-5-3-6(11)10(2)7(5)8(12)13-9(4)14-10/h5-7,9,11H,1,3H2,2H3/t5-,6+,7-,9+,10-/m1/s1. The Morgan fingerprint density at radius 1 is 1.64 bits per heavy atom. The van der Waals surface area contributed by atoms with Crippen molar-refractivity contribution in [2.24, 2.45) is 11.8 Å². The molecule has 0 radical (unpaired) electrons. The summed E-state index contributed by atoms with van der Waals surface area (Å²) in [5.74, 6) is -0.581. The Balaban J connectivity index is 2.13. The first-order chi connectivity index (χ1) is 6.54. The summed E-state index contributed by atoms with van der Waals surface area (Å²) in [7, 11) is 0. The van der Waals surface area contributed by atoms with Crippen molar-refractivity contribution in [1.29, 1.82) is 0 Å². The van der Waals surface area contributed by atoms with Crippen LogP contribution in [0.1, 0.15) is 13.3 Å². The molecule has 4 rings (SSSR count). The van der Waals surface area contributed by atoms with E-state index >= 15 is 0 Å². The highest BCUT2D eigenvalue weighted by atomic mass is 16.7. The number of carbonyl (C=O) groups is 1. The second-order valence-electron chi connectivity index (χ2n) is 4.48. The zero-order valence-electron chi connectivity index (χ0n) is 7.90. The molecule has 4 fully saturated rings. The average molecular weight is 196 g/mol. The van der Waals surface area contributed by atoms with E-state index in [2.05, 4.69) is 6.58 Å². The third-order valence-corrected chi connectivity index (χ3v) is 3.78. The quantitative estimate of drug-likeness (QED) is 0.444. The summed E-state index contributed by atoms with van der Waals surface area (Å²) in [4.78, 5) is 11.6. The van der Waals surface area contributed by atoms with Crippen molar-refractivity contribution in [1.82, 2.24) is 0 Å². The molecular formula is C10H12O4. The van der Waals surface area contributed by atoms with Gasteiger partial charge < -0.3 is 14.6 Å². The van der Waals surface area contributed by atoms with Crippen LogP contribution in [0.15, 0.2) is 12.2 Å². The van der Waals surface area contributed by atoms with Gasteiger partial charge in [-0.2, -0.15) is 0 Å². The molecule has 0 aromatic rings. The fourth-order valence-electron chi connectivity index (χ4n) is 2.89. The molecule has 4 aliphatic rings. The molecule has 1 aliphatic carbocycles. The molecule has 0 aromatic carbocycles. The van der Waals surface area contributed by atoms with Gasteiger partial charge in [-0.25, -0.2) is 0 Å². The van der Waals surface area contributed by atoms with Gasteiger partial charge in [-0.1, -0.05) is 6.58 Å². The molecule has 3 heterocycles. The van der Waals surface area contributed by atoms with Gasteiger partial charge in [-0.3, -0.25) is 4.79 Å². The summed E-state index contributed by atoms with van der Waals surface area (Å²) < 4.78 is 10.6. The van der Waals surface area contributed by atoms with Crippen LogP contribution in [-0.2, 0) is 14.3 Å². The highest BCUT2D eigenvalue weighted by Crippen LogP contribution is 2.55. The predicted octanol–water partition coefficient (Wildman–Crippen LogP) is 0.211. The van der Waals surface area contributed by atoms with Crippen LogP contribution in [0.2, 0.25) is 0 Å². The number of ether oxygens (including phenoxy) is 2. The zero-order chi connectivity index (χ0) is 10.1. The Morgan fingerprint density at radius 2 is 2.36 bits per heavy atom. The third kappa shape index (κ3) is 0.709. The molecule has 76 valence electrons. The van der Waals surface area contributed by atoms with E-state index in [4.69, 9.17) is 9.47 Å². The molecule has 4 heteroatoms. The summed E-state index contributed by atoms with van der Waals surface area (Å²) in [5, 5.41) is 9.84. The SMILES string of the molecule is C=C1[C@H]2OC(=O)[C@H]3[C@@H]1C[C@H](O)[C@@]3(C)O2. The van der Waals surface area contributed by atoms with E-state index in [1.807, 2.05) is 0 Å². The monoisotopic (exact) mass is 196 g/mol. The van der Waals surface area contributed by atoms with Gasteiger partial charge in [0.2, 0.25) is 6.29 Å². The number of fused-ring (bicyclic) bond motifs is 1. The maximum atomic E-state index is 11.6. The van der Waals surface area contributed by atoms with Crippen LogP contribution < -0.4 is 0 Å². The topological polar surface area (TPSA) is 55.8 Å². The first kappa shape index (κ1) is 8.44. The highest BCUT2D eigenvalue weighted by molar-refractivity contribution is 5.78. The summed E-state index contributed by atoms with van der Waals surface area (Å²) in [6.45, 7) is 5.64. The summed E-state index contributed by atoms with van der Waals surface area (Å²) in [5.41, 5.74) is 0.0369. The number of carbonyl (C=O) groups excluding carboxylic acids is 1.